The summed E-state index contributed by atoms with van der Waals surface area (Å²) in [7, 11) is 0. The van der Waals surface area contributed by atoms with Gasteiger partial charge in [-0.25, -0.2) is 4.39 Å². The fraction of sp³-hybridized carbons (Fsp3) is 0.462. The molecule has 2 N–H and O–H groups in total. The number of aliphatic imine (C=N–C) groups is 1. The number of hydrogen-bond donors (Lipinski definition) is 1. The molecule has 0 aliphatic carbocycles. The second kappa shape index (κ2) is 7.97. The number of amidine groups is 1. The minimum Gasteiger partial charge on any atom is -0.493 e. The van der Waals surface area contributed by atoms with Gasteiger partial charge < -0.3 is 10.5 Å². The molecule has 0 fully saturated rings. The van der Waals surface area contributed by atoms with Crippen LogP contribution in [0.3, 0.4) is 0 Å². The third-order valence-electron chi connectivity index (χ3n) is 2.35. The van der Waals surface area contributed by atoms with Gasteiger partial charge in [0, 0.05) is 11.8 Å². The lowest BCUT2D eigenvalue weighted by Gasteiger charge is -2.07. The van der Waals surface area contributed by atoms with Crippen molar-refractivity contribution in [3.8, 4) is 5.75 Å². The molecule has 0 aromatic heterocycles. The first-order valence-electron chi connectivity index (χ1n) is 5.96. The van der Waals surface area contributed by atoms with E-state index < -0.39 is 0 Å². The molecule has 0 saturated carbocycles. The topological polar surface area (TPSA) is 47.6 Å². The van der Waals surface area contributed by atoms with E-state index in [1.807, 2.05) is 6.92 Å². The summed E-state index contributed by atoms with van der Waals surface area (Å²) in [6.45, 7) is 4.62. The number of thioether (sulfide) groups is 1. The third kappa shape index (κ3) is 5.91. The minimum absolute atomic E-state index is 0.260. The molecule has 1 rings (SSSR count). The Morgan fingerprint density at radius 1 is 1.44 bits per heavy atom. The SMILES string of the molecule is CC[C@H](C)N=C(N)SCCOc1ccc(F)cc1. The lowest BCUT2D eigenvalue weighted by Crippen LogP contribution is -2.13. The normalized spacial score (nSPS) is 13.4. The van der Waals surface area contributed by atoms with Gasteiger partial charge in [0.2, 0.25) is 0 Å². The lowest BCUT2D eigenvalue weighted by atomic mass is 10.3. The summed E-state index contributed by atoms with van der Waals surface area (Å²) in [5.41, 5.74) is 5.76. The van der Waals surface area contributed by atoms with E-state index >= 15 is 0 Å². The van der Waals surface area contributed by atoms with Crippen molar-refractivity contribution >= 4 is 16.9 Å². The molecule has 1 aromatic carbocycles. The number of hydrogen-bond acceptors (Lipinski definition) is 3. The molecule has 0 spiro atoms. The molecule has 1 atom stereocenters. The zero-order valence-corrected chi connectivity index (χ0v) is 11.5. The van der Waals surface area contributed by atoms with Gasteiger partial charge in [0.05, 0.1) is 6.61 Å². The van der Waals surface area contributed by atoms with E-state index in [2.05, 4.69) is 11.9 Å². The van der Waals surface area contributed by atoms with Crippen molar-refractivity contribution in [1.82, 2.24) is 0 Å². The zero-order chi connectivity index (χ0) is 13.4. The Kier molecular flexibility index (Phi) is 6.57. The van der Waals surface area contributed by atoms with Crippen LogP contribution >= 0.6 is 11.8 Å². The molecule has 0 bridgehead atoms. The number of halogens is 1. The van der Waals surface area contributed by atoms with Gasteiger partial charge in [-0.05, 0) is 37.6 Å². The first-order valence-corrected chi connectivity index (χ1v) is 6.94. The van der Waals surface area contributed by atoms with Crippen molar-refractivity contribution in [2.75, 3.05) is 12.4 Å². The second-order valence-electron chi connectivity index (χ2n) is 3.88. The lowest BCUT2D eigenvalue weighted by molar-refractivity contribution is 0.343. The molecule has 0 amide bonds. The molecule has 5 heteroatoms. The molecule has 0 aliphatic heterocycles. The summed E-state index contributed by atoms with van der Waals surface area (Å²) < 4.78 is 18.1. The predicted molar refractivity (Wildman–Crippen MR) is 75.7 cm³/mol. The Morgan fingerprint density at radius 3 is 2.72 bits per heavy atom. The average Bonchev–Trinajstić information content (AvgIpc) is 2.36. The standard InChI is InChI=1S/C13H19FN2OS/c1-3-10(2)16-13(15)18-9-8-17-12-6-4-11(14)5-7-12/h4-7,10H,3,8-9H2,1-2H3,(H2,15,16)/t10-/m0/s1. The van der Waals surface area contributed by atoms with E-state index in [9.17, 15) is 4.39 Å². The largest absolute Gasteiger partial charge is 0.493 e. The summed E-state index contributed by atoms with van der Waals surface area (Å²) in [5.74, 6) is 1.12. The van der Waals surface area contributed by atoms with Crippen molar-refractivity contribution in [2.24, 2.45) is 10.7 Å². The van der Waals surface area contributed by atoms with Crippen molar-refractivity contribution in [2.45, 2.75) is 26.3 Å². The van der Waals surface area contributed by atoms with E-state index in [4.69, 9.17) is 10.5 Å². The van der Waals surface area contributed by atoms with Crippen LogP contribution in [0.4, 0.5) is 4.39 Å². The van der Waals surface area contributed by atoms with Crippen LogP contribution in [0.2, 0.25) is 0 Å². The molecule has 0 unspecified atom stereocenters. The highest BCUT2D eigenvalue weighted by atomic mass is 32.2. The molecule has 3 nitrogen and oxygen atoms in total. The molecule has 0 saturated heterocycles. The zero-order valence-electron chi connectivity index (χ0n) is 10.7. The van der Waals surface area contributed by atoms with E-state index in [-0.39, 0.29) is 11.9 Å². The third-order valence-corrected chi connectivity index (χ3v) is 3.13. The van der Waals surface area contributed by atoms with Crippen LogP contribution in [0.1, 0.15) is 20.3 Å². The fourth-order valence-corrected chi connectivity index (χ4v) is 1.81. The van der Waals surface area contributed by atoms with Gasteiger partial charge in [0.25, 0.3) is 0 Å². The van der Waals surface area contributed by atoms with Gasteiger partial charge in [-0.15, -0.1) is 0 Å². The average molecular weight is 270 g/mol. The number of nitrogens with two attached hydrogens (primary N) is 1. The maximum Gasteiger partial charge on any atom is 0.154 e. The fourth-order valence-electron chi connectivity index (χ4n) is 1.18. The van der Waals surface area contributed by atoms with Crippen molar-refractivity contribution in [1.29, 1.82) is 0 Å². The van der Waals surface area contributed by atoms with Gasteiger partial charge >= 0.3 is 0 Å². The van der Waals surface area contributed by atoms with E-state index in [0.29, 0.717) is 17.5 Å². The molecule has 100 valence electrons. The predicted octanol–water partition coefficient (Wildman–Crippen LogP) is 3.05. The van der Waals surface area contributed by atoms with Crippen molar-refractivity contribution in [3.63, 3.8) is 0 Å². The highest BCUT2D eigenvalue weighted by Crippen LogP contribution is 2.12. The molecule has 1 aromatic rings. The van der Waals surface area contributed by atoms with Gasteiger partial charge in [-0.2, -0.15) is 0 Å². The number of ether oxygens (including phenoxy) is 1. The van der Waals surface area contributed by atoms with Crippen LogP contribution in [-0.2, 0) is 0 Å². The van der Waals surface area contributed by atoms with Gasteiger partial charge in [0.1, 0.15) is 11.6 Å². The Balaban J connectivity index is 2.22. The maximum absolute atomic E-state index is 12.6. The van der Waals surface area contributed by atoms with Gasteiger partial charge in [-0.1, -0.05) is 18.7 Å². The second-order valence-corrected chi connectivity index (χ2v) is 4.99. The number of nitrogens with zero attached hydrogens (tertiary/aromatic N) is 1. The van der Waals surface area contributed by atoms with Crippen LogP contribution in [0.15, 0.2) is 29.3 Å². The molecular weight excluding hydrogens is 251 g/mol. The van der Waals surface area contributed by atoms with Crippen LogP contribution in [0.5, 0.6) is 5.75 Å². The van der Waals surface area contributed by atoms with Crippen molar-refractivity contribution < 1.29 is 9.13 Å². The maximum atomic E-state index is 12.6. The number of rotatable bonds is 6. The summed E-state index contributed by atoms with van der Waals surface area (Å²) in [5, 5.41) is 0.590. The highest BCUT2D eigenvalue weighted by Gasteiger charge is 1.99. The molecule has 0 radical (unpaired) electrons. The Labute approximate surface area is 112 Å². The minimum atomic E-state index is -0.262. The molecule has 18 heavy (non-hydrogen) atoms. The Morgan fingerprint density at radius 2 is 2.11 bits per heavy atom. The molecular formula is C13H19FN2OS. The molecule has 0 heterocycles. The van der Waals surface area contributed by atoms with Gasteiger partial charge in [-0.3, -0.25) is 4.99 Å². The van der Waals surface area contributed by atoms with Crippen LogP contribution in [-0.4, -0.2) is 23.6 Å². The smallest absolute Gasteiger partial charge is 0.154 e. The van der Waals surface area contributed by atoms with E-state index in [1.54, 1.807) is 12.1 Å². The van der Waals surface area contributed by atoms with Crippen molar-refractivity contribution in [3.05, 3.63) is 30.1 Å². The summed E-state index contributed by atoms with van der Waals surface area (Å²) in [6.07, 6.45) is 0.980. The Bertz CT molecular complexity index is 381. The summed E-state index contributed by atoms with van der Waals surface area (Å²) >= 11 is 1.47. The van der Waals surface area contributed by atoms with Crippen LogP contribution in [0.25, 0.3) is 0 Å². The number of benzene rings is 1. The molecule has 0 aliphatic rings. The van der Waals surface area contributed by atoms with E-state index in [1.165, 1.54) is 23.9 Å². The van der Waals surface area contributed by atoms with Crippen LogP contribution < -0.4 is 10.5 Å². The monoisotopic (exact) mass is 270 g/mol. The quantitative estimate of drug-likeness (QED) is 0.491. The van der Waals surface area contributed by atoms with Crippen LogP contribution in [0, 0.1) is 5.82 Å². The summed E-state index contributed by atoms with van der Waals surface area (Å²) in [6, 6.07) is 6.23. The van der Waals surface area contributed by atoms with E-state index in [0.717, 1.165) is 12.2 Å². The first-order chi connectivity index (χ1) is 8.61. The highest BCUT2D eigenvalue weighted by molar-refractivity contribution is 8.13. The Hall–Kier alpha value is -1.23. The first kappa shape index (κ1) is 14.8. The van der Waals surface area contributed by atoms with Gasteiger partial charge in [0.15, 0.2) is 5.17 Å². The summed E-state index contributed by atoms with van der Waals surface area (Å²) in [4.78, 5) is 4.30.